The predicted molar refractivity (Wildman–Crippen MR) is 77.7 cm³/mol. The fraction of sp³-hybridized carbons (Fsp3) is 0.688. The van der Waals surface area contributed by atoms with Crippen LogP contribution in [0.5, 0.6) is 0 Å². The highest BCUT2D eigenvalue weighted by Gasteiger charge is 2.36. The summed E-state index contributed by atoms with van der Waals surface area (Å²) in [6.45, 7) is 1.91. The molecule has 2 N–H and O–H groups in total. The van der Waals surface area contributed by atoms with Crippen LogP contribution in [0.3, 0.4) is 0 Å². The molecule has 1 unspecified atom stereocenters. The van der Waals surface area contributed by atoms with E-state index in [9.17, 15) is 0 Å². The number of pyridine rings is 1. The van der Waals surface area contributed by atoms with Crippen molar-refractivity contribution in [1.29, 1.82) is 0 Å². The Hall–Kier alpha value is -0.930. The zero-order valence-electron chi connectivity index (χ0n) is 11.7. The summed E-state index contributed by atoms with van der Waals surface area (Å²) in [6, 6.07) is 5.33. The average molecular weight is 259 g/mol. The Labute approximate surface area is 116 Å². The molecule has 2 heterocycles. The van der Waals surface area contributed by atoms with E-state index in [4.69, 9.17) is 5.73 Å². The van der Waals surface area contributed by atoms with Crippen molar-refractivity contribution in [3.8, 4) is 0 Å². The van der Waals surface area contributed by atoms with Gasteiger partial charge < -0.3 is 5.73 Å². The van der Waals surface area contributed by atoms with Crippen molar-refractivity contribution in [2.75, 3.05) is 13.1 Å². The third-order valence-corrected chi connectivity index (χ3v) is 4.98. The smallest absolute Gasteiger partial charge is 0.0488 e. The van der Waals surface area contributed by atoms with Gasteiger partial charge in [0.2, 0.25) is 0 Å². The van der Waals surface area contributed by atoms with Crippen LogP contribution in [-0.4, -0.2) is 29.0 Å². The summed E-state index contributed by atoms with van der Waals surface area (Å²) in [5.41, 5.74) is 7.38. The minimum absolute atomic E-state index is 0.361. The third kappa shape index (κ3) is 2.67. The van der Waals surface area contributed by atoms with Gasteiger partial charge in [-0.15, -0.1) is 0 Å². The number of rotatable bonds is 3. The predicted octanol–water partition coefficient (Wildman–Crippen LogP) is 2.74. The maximum Gasteiger partial charge on any atom is 0.0488 e. The molecule has 0 aromatic carbocycles. The van der Waals surface area contributed by atoms with Crippen LogP contribution >= 0.6 is 0 Å². The lowest BCUT2D eigenvalue weighted by molar-refractivity contribution is 0.0275. The lowest BCUT2D eigenvalue weighted by atomic mass is 9.77. The van der Waals surface area contributed by atoms with Crippen LogP contribution in [0.15, 0.2) is 24.5 Å². The number of nitrogens with two attached hydrogens (primary N) is 1. The number of hydrogen-bond acceptors (Lipinski definition) is 3. The van der Waals surface area contributed by atoms with Crippen molar-refractivity contribution in [3.63, 3.8) is 0 Å². The number of fused-ring (bicyclic) bond motifs is 1. The zero-order chi connectivity index (χ0) is 13.1. The molecule has 1 aromatic rings. The van der Waals surface area contributed by atoms with Gasteiger partial charge in [0.1, 0.15) is 0 Å². The molecule has 3 atom stereocenters. The molecule has 3 heteroatoms. The first-order valence-corrected chi connectivity index (χ1v) is 7.76. The molecule has 2 aliphatic rings. The number of nitrogens with zero attached hydrogens (tertiary/aromatic N) is 2. The van der Waals surface area contributed by atoms with Crippen molar-refractivity contribution in [1.82, 2.24) is 9.88 Å². The standard InChI is InChI=1S/C16H25N3/c17-11-16(14-6-3-9-18-12-14)19-10-4-7-13-5-1-2-8-15(13)19/h3,6,9,12-13,15-16H,1-2,4-5,7-8,10-11,17H2/t13-,15-,16?/m1/s1. The second kappa shape index (κ2) is 6.02. The normalized spacial score (nSPS) is 29.7. The van der Waals surface area contributed by atoms with Gasteiger partial charge in [0.25, 0.3) is 0 Å². The second-order valence-electron chi connectivity index (χ2n) is 6.03. The molecule has 19 heavy (non-hydrogen) atoms. The third-order valence-electron chi connectivity index (χ3n) is 4.98. The maximum atomic E-state index is 6.09. The number of aromatic nitrogens is 1. The van der Waals surface area contributed by atoms with E-state index < -0.39 is 0 Å². The first-order chi connectivity index (χ1) is 9.40. The highest BCUT2D eigenvalue weighted by atomic mass is 15.2. The van der Waals surface area contributed by atoms with E-state index in [0.717, 1.165) is 12.0 Å². The monoisotopic (exact) mass is 259 g/mol. The van der Waals surface area contributed by atoms with Gasteiger partial charge in [-0.2, -0.15) is 0 Å². The van der Waals surface area contributed by atoms with Gasteiger partial charge in [0.05, 0.1) is 0 Å². The summed E-state index contributed by atoms with van der Waals surface area (Å²) >= 11 is 0. The van der Waals surface area contributed by atoms with Crippen molar-refractivity contribution in [2.45, 2.75) is 50.6 Å². The highest BCUT2D eigenvalue weighted by Crippen LogP contribution is 2.38. The van der Waals surface area contributed by atoms with Crippen LogP contribution in [0, 0.1) is 5.92 Å². The molecule has 1 aliphatic carbocycles. The topological polar surface area (TPSA) is 42.1 Å². The van der Waals surface area contributed by atoms with E-state index in [1.54, 1.807) is 0 Å². The molecule has 2 fully saturated rings. The summed E-state index contributed by atoms with van der Waals surface area (Å²) in [6.07, 6.45) is 12.2. The molecule has 3 rings (SSSR count). The summed E-state index contributed by atoms with van der Waals surface area (Å²) in [5, 5.41) is 0. The molecule has 0 amide bonds. The summed E-state index contributed by atoms with van der Waals surface area (Å²) in [4.78, 5) is 6.96. The summed E-state index contributed by atoms with van der Waals surface area (Å²) in [5.74, 6) is 0.910. The number of likely N-dealkylation sites (tertiary alicyclic amines) is 1. The summed E-state index contributed by atoms with van der Waals surface area (Å²) in [7, 11) is 0. The molecule has 1 saturated heterocycles. The minimum Gasteiger partial charge on any atom is -0.329 e. The van der Waals surface area contributed by atoms with Gasteiger partial charge in [-0.05, 0) is 49.8 Å². The number of piperidine rings is 1. The Balaban J connectivity index is 1.81. The van der Waals surface area contributed by atoms with Gasteiger partial charge in [-0.1, -0.05) is 18.9 Å². The van der Waals surface area contributed by atoms with E-state index in [1.807, 2.05) is 18.5 Å². The molecule has 1 aromatic heterocycles. The zero-order valence-corrected chi connectivity index (χ0v) is 11.7. The Morgan fingerprint density at radius 1 is 1.26 bits per heavy atom. The van der Waals surface area contributed by atoms with E-state index in [2.05, 4.69) is 16.0 Å². The van der Waals surface area contributed by atoms with Gasteiger partial charge in [0.15, 0.2) is 0 Å². The Bertz CT molecular complexity index is 390. The minimum atomic E-state index is 0.361. The van der Waals surface area contributed by atoms with E-state index in [1.165, 1.54) is 50.6 Å². The van der Waals surface area contributed by atoms with Gasteiger partial charge in [0, 0.05) is 31.0 Å². The van der Waals surface area contributed by atoms with Gasteiger partial charge >= 0.3 is 0 Å². The van der Waals surface area contributed by atoms with Crippen LogP contribution < -0.4 is 5.73 Å². The molecular weight excluding hydrogens is 234 g/mol. The Kier molecular flexibility index (Phi) is 4.14. The van der Waals surface area contributed by atoms with Crippen LogP contribution in [0.25, 0.3) is 0 Å². The van der Waals surface area contributed by atoms with E-state index >= 15 is 0 Å². The SMILES string of the molecule is NCC(c1cccnc1)N1CCC[C@H]2CCCC[C@H]21. The van der Waals surface area contributed by atoms with Crippen LogP contribution in [-0.2, 0) is 0 Å². The second-order valence-corrected chi connectivity index (χ2v) is 6.03. The van der Waals surface area contributed by atoms with Crippen molar-refractivity contribution in [3.05, 3.63) is 30.1 Å². The first kappa shape index (κ1) is 13.1. The molecule has 0 spiro atoms. The molecule has 1 saturated carbocycles. The average Bonchev–Trinajstić information content (AvgIpc) is 2.49. The van der Waals surface area contributed by atoms with Crippen molar-refractivity contribution in [2.24, 2.45) is 11.7 Å². The molecule has 104 valence electrons. The fourth-order valence-electron chi connectivity index (χ4n) is 4.09. The van der Waals surface area contributed by atoms with E-state index in [-0.39, 0.29) is 0 Å². The van der Waals surface area contributed by atoms with Gasteiger partial charge in [-0.3, -0.25) is 9.88 Å². The molecule has 0 radical (unpaired) electrons. The van der Waals surface area contributed by atoms with Crippen LogP contribution in [0.1, 0.15) is 50.1 Å². The lowest BCUT2D eigenvalue weighted by Crippen LogP contribution is -2.50. The molecular formula is C16H25N3. The Morgan fingerprint density at radius 3 is 2.89 bits per heavy atom. The maximum absolute atomic E-state index is 6.09. The van der Waals surface area contributed by atoms with Crippen LogP contribution in [0.4, 0.5) is 0 Å². The van der Waals surface area contributed by atoms with Gasteiger partial charge in [-0.25, -0.2) is 0 Å². The largest absolute Gasteiger partial charge is 0.329 e. The first-order valence-electron chi connectivity index (χ1n) is 7.76. The quantitative estimate of drug-likeness (QED) is 0.907. The molecule has 3 nitrogen and oxygen atoms in total. The number of hydrogen-bond donors (Lipinski definition) is 1. The molecule has 1 aliphatic heterocycles. The summed E-state index contributed by atoms with van der Waals surface area (Å²) < 4.78 is 0. The molecule has 0 bridgehead atoms. The lowest BCUT2D eigenvalue weighted by Gasteiger charge is -2.47. The Morgan fingerprint density at radius 2 is 2.11 bits per heavy atom. The van der Waals surface area contributed by atoms with Crippen molar-refractivity contribution >= 4 is 0 Å². The van der Waals surface area contributed by atoms with Crippen LogP contribution in [0.2, 0.25) is 0 Å². The highest BCUT2D eigenvalue weighted by molar-refractivity contribution is 5.15. The van der Waals surface area contributed by atoms with Crippen molar-refractivity contribution < 1.29 is 0 Å². The fourth-order valence-corrected chi connectivity index (χ4v) is 4.09. The van der Waals surface area contributed by atoms with E-state index in [0.29, 0.717) is 12.6 Å².